The van der Waals surface area contributed by atoms with Crippen LogP contribution in [0.3, 0.4) is 0 Å². The first kappa shape index (κ1) is 11.8. The van der Waals surface area contributed by atoms with Gasteiger partial charge in [0, 0.05) is 18.0 Å². The molecule has 18 heavy (non-hydrogen) atoms. The number of hydrogen-bond acceptors (Lipinski definition) is 3. The molecule has 2 aliphatic rings. The molecular formula is C13H15ClN2O2. The lowest BCUT2D eigenvalue weighted by Crippen LogP contribution is -2.36. The molecule has 1 spiro atoms. The largest absolute Gasteiger partial charge is 0.439 e. The van der Waals surface area contributed by atoms with Gasteiger partial charge < -0.3 is 10.1 Å². The molecule has 0 saturated carbocycles. The van der Waals surface area contributed by atoms with E-state index in [2.05, 4.69) is 5.32 Å². The number of nitrogens with one attached hydrogen (secondary N) is 1. The quantitative estimate of drug-likeness (QED) is 0.848. The van der Waals surface area contributed by atoms with Crippen molar-refractivity contribution in [2.45, 2.75) is 18.9 Å². The minimum absolute atomic E-state index is 0.274. The van der Waals surface area contributed by atoms with Gasteiger partial charge in [-0.15, -0.1) is 0 Å². The van der Waals surface area contributed by atoms with Crippen molar-refractivity contribution in [3.63, 3.8) is 0 Å². The molecule has 96 valence electrons. The molecule has 0 bridgehead atoms. The molecule has 0 radical (unpaired) electrons. The first-order valence-electron chi connectivity index (χ1n) is 6.08. The van der Waals surface area contributed by atoms with Gasteiger partial charge in [-0.05, 0) is 31.2 Å². The Kier molecular flexibility index (Phi) is 2.72. The van der Waals surface area contributed by atoms with Crippen LogP contribution in [-0.4, -0.2) is 31.3 Å². The number of hydrogen-bond donors (Lipinski definition) is 1. The van der Waals surface area contributed by atoms with E-state index in [9.17, 15) is 4.79 Å². The lowest BCUT2D eigenvalue weighted by molar-refractivity contribution is 0.0733. The summed E-state index contributed by atoms with van der Waals surface area (Å²) in [5.74, 6) is 0. The smallest absolute Gasteiger partial charge is 0.415 e. The predicted molar refractivity (Wildman–Crippen MR) is 70.2 cm³/mol. The highest BCUT2D eigenvalue weighted by atomic mass is 35.5. The molecule has 1 atom stereocenters. The van der Waals surface area contributed by atoms with Crippen LogP contribution in [0.1, 0.15) is 12.0 Å². The molecule has 2 aliphatic heterocycles. The van der Waals surface area contributed by atoms with Crippen molar-refractivity contribution in [1.29, 1.82) is 0 Å². The number of carbonyl (C=O) groups is 1. The van der Waals surface area contributed by atoms with Crippen LogP contribution in [0.15, 0.2) is 18.2 Å². The van der Waals surface area contributed by atoms with E-state index in [1.165, 1.54) is 0 Å². The zero-order valence-corrected chi connectivity index (χ0v) is 11.0. The van der Waals surface area contributed by atoms with Crippen LogP contribution in [0.4, 0.5) is 10.5 Å². The van der Waals surface area contributed by atoms with Crippen LogP contribution in [0, 0.1) is 6.92 Å². The third kappa shape index (κ3) is 1.76. The molecule has 1 N–H and O–H groups in total. The highest BCUT2D eigenvalue weighted by Gasteiger charge is 2.47. The summed E-state index contributed by atoms with van der Waals surface area (Å²) in [6.45, 7) is 4.15. The zero-order valence-electron chi connectivity index (χ0n) is 10.2. The molecule has 2 fully saturated rings. The molecule has 3 rings (SSSR count). The van der Waals surface area contributed by atoms with E-state index < -0.39 is 0 Å². The van der Waals surface area contributed by atoms with Gasteiger partial charge in [0.1, 0.15) is 5.60 Å². The molecule has 4 nitrogen and oxygen atoms in total. The molecule has 5 heteroatoms. The molecule has 1 aromatic carbocycles. The fourth-order valence-electron chi connectivity index (χ4n) is 2.64. The van der Waals surface area contributed by atoms with Gasteiger partial charge in [0.05, 0.1) is 12.2 Å². The van der Waals surface area contributed by atoms with Crippen LogP contribution in [0.25, 0.3) is 0 Å². The first-order valence-corrected chi connectivity index (χ1v) is 6.45. The van der Waals surface area contributed by atoms with Gasteiger partial charge in [-0.25, -0.2) is 4.79 Å². The summed E-state index contributed by atoms with van der Waals surface area (Å²) in [4.78, 5) is 13.7. The normalized spacial score (nSPS) is 27.0. The SMILES string of the molecule is Cc1c(Cl)cccc1N1CC2(CCNC2)OC1=O. The molecule has 1 unspecified atom stereocenters. The third-order valence-electron chi connectivity index (χ3n) is 3.70. The van der Waals surface area contributed by atoms with Crippen LogP contribution >= 0.6 is 11.6 Å². The molecule has 1 amide bonds. The van der Waals surface area contributed by atoms with E-state index in [0.29, 0.717) is 11.6 Å². The lowest BCUT2D eigenvalue weighted by Gasteiger charge is -2.20. The highest BCUT2D eigenvalue weighted by molar-refractivity contribution is 6.31. The number of rotatable bonds is 1. The lowest BCUT2D eigenvalue weighted by atomic mass is 10.0. The Bertz CT molecular complexity index is 498. The Balaban J connectivity index is 1.93. The summed E-state index contributed by atoms with van der Waals surface area (Å²) in [6.07, 6.45) is 0.596. The van der Waals surface area contributed by atoms with Crippen molar-refractivity contribution in [3.8, 4) is 0 Å². The Hall–Kier alpha value is -1.26. The fourth-order valence-corrected chi connectivity index (χ4v) is 2.81. The number of benzene rings is 1. The van der Waals surface area contributed by atoms with Gasteiger partial charge in [-0.1, -0.05) is 17.7 Å². The second-order valence-corrected chi connectivity index (χ2v) is 5.36. The Morgan fingerprint density at radius 3 is 3.06 bits per heavy atom. The van der Waals surface area contributed by atoms with E-state index in [1.807, 2.05) is 25.1 Å². The maximum Gasteiger partial charge on any atom is 0.415 e. The van der Waals surface area contributed by atoms with E-state index in [-0.39, 0.29) is 11.7 Å². The van der Waals surface area contributed by atoms with Gasteiger partial charge in [-0.3, -0.25) is 4.90 Å². The first-order chi connectivity index (χ1) is 8.61. The summed E-state index contributed by atoms with van der Waals surface area (Å²) in [5.41, 5.74) is 1.40. The maximum absolute atomic E-state index is 12.0. The summed E-state index contributed by atoms with van der Waals surface area (Å²) < 4.78 is 5.55. The predicted octanol–water partition coefficient (Wildman–Crippen LogP) is 2.34. The van der Waals surface area contributed by atoms with E-state index >= 15 is 0 Å². The summed E-state index contributed by atoms with van der Waals surface area (Å²) in [7, 11) is 0. The fraction of sp³-hybridized carbons (Fsp3) is 0.462. The van der Waals surface area contributed by atoms with Crippen LogP contribution in [0.2, 0.25) is 5.02 Å². The number of carbonyl (C=O) groups excluding carboxylic acids is 1. The Morgan fingerprint density at radius 1 is 1.50 bits per heavy atom. The minimum Gasteiger partial charge on any atom is -0.439 e. The second-order valence-electron chi connectivity index (χ2n) is 4.95. The zero-order chi connectivity index (χ0) is 12.8. The Labute approximate surface area is 111 Å². The van der Waals surface area contributed by atoms with Gasteiger partial charge >= 0.3 is 6.09 Å². The van der Waals surface area contributed by atoms with Crippen molar-refractivity contribution in [1.82, 2.24) is 5.32 Å². The minimum atomic E-state index is -0.355. The third-order valence-corrected chi connectivity index (χ3v) is 4.11. The maximum atomic E-state index is 12.0. The van der Waals surface area contributed by atoms with Crippen molar-refractivity contribution in [3.05, 3.63) is 28.8 Å². The number of nitrogens with zero attached hydrogens (tertiary/aromatic N) is 1. The average molecular weight is 267 g/mol. The van der Waals surface area contributed by atoms with E-state index in [1.54, 1.807) is 4.90 Å². The number of anilines is 1. The van der Waals surface area contributed by atoms with Crippen molar-refractivity contribution < 1.29 is 9.53 Å². The van der Waals surface area contributed by atoms with Crippen LogP contribution in [-0.2, 0) is 4.74 Å². The standard InChI is InChI=1S/C13H15ClN2O2/c1-9-10(14)3-2-4-11(9)16-8-13(18-12(16)17)5-6-15-7-13/h2-4,15H,5-8H2,1H3. The summed E-state index contributed by atoms with van der Waals surface area (Å²) >= 11 is 6.10. The van der Waals surface area contributed by atoms with Crippen LogP contribution in [0.5, 0.6) is 0 Å². The molecule has 1 aromatic rings. The average Bonchev–Trinajstić information content (AvgIpc) is 2.91. The molecule has 2 saturated heterocycles. The monoisotopic (exact) mass is 266 g/mol. The summed E-state index contributed by atoms with van der Waals surface area (Å²) in [5, 5.41) is 3.92. The van der Waals surface area contributed by atoms with Crippen molar-refractivity contribution in [2.24, 2.45) is 0 Å². The van der Waals surface area contributed by atoms with Gasteiger partial charge in [0.15, 0.2) is 0 Å². The van der Waals surface area contributed by atoms with Crippen molar-refractivity contribution >= 4 is 23.4 Å². The van der Waals surface area contributed by atoms with Gasteiger partial charge in [0.2, 0.25) is 0 Å². The second kappa shape index (κ2) is 4.14. The van der Waals surface area contributed by atoms with E-state index in [0.717, 1.165) is 30.8 Å². The molecular weight excluding hydrogens is 252 g/mol. The molecule has 0 aromatic heterocycles. The number of halogens is 1. The highest BCUT2D eigenvalue weighted by Crippen LogP contribution is 2.35. The van der Waals surface area contributed by atoms with Crippen molar-refractivity contribution in [2.75, 3.05) is 24.5 Å². The topological polar surface area (TPSA) is 41.6 Å². The van der Waals surface area contributed by atoms with Gasteiger partial charge in [0.25, 0.3) is 0 Å². The molecule has 0 aliphatic carbocycles. The van der Waals surface area contributed by atoms with Gasteiger partial charge in [-0.2, -0.15) is 0 Å². The van der Waals surface area contributed by atoms with E-state index in [4.69, 9.17) is 16.3 Å². The molecule has 2 heterocycles. The Morgan fingerprint density at radius 2 is 2.33 bits per heavy atom. The number of ether oxygens (including phenoxy) is 1. The summed E-state index contributed by atoms with van der Waals surface area (Å²) in [6, 6.07) is 5.59. The number of amides is 1. The van der Waals surface area contributed by atoms with Crippen LogP contribution < -0.4 is 10.2 Å².